The molecule has 92 valence electrons. The second-order valence-electron chi connectivity index (χ2n) is 6.15. The summed E-state index contributed by atoms with van der Waals surface area (Å²) in [6, 6.07) is 0. The average molecular weight is 226 g/mol. The monoisotopic (exact) mass is 226 g/mol. The van der Waals surface area contributed by atoms with E-state index in [9.17, 15) is 4.79 Å². The van der Waals surface area contributed by atoms with Gasteiger partial charge in [0.25, 0.3) is 0 Å². The van der Waals surface area contributed by atoms with Crippen LogP contribution in [0.15, 0.2) is 0 Å². The van der Waals surface area contributed by atoms with E-state index < -0.39 is 5.60 Å². The summed E-state index contributed by atoms with van der Waals surface area (Å²) < 4.78 is 5.37. The van der Waals surface area contributed by atoms with Gasteiger partial charge in [-0.25, -0.2) is 4.79 Å². The summed E-state index contributed by atoms with van der Waals surface area (Å²) >= 11 is 0. The maximum Gasteiger partial charge on any atom is 0.410 e. The lowest BCUT2D eigenvalue weighted by Crippen LogP contribution is -2.35. The second-order valence-corrected chi connectivity index (χ2v) is 6.15. The summed E-state index contributed by atoms with van der Waals surface area (Å²) in [6.45, 7) is 8.11. The van der Waals surface area contributed by atoms with Gasteiger partial charge in [-0.2, -0.15) is 0 Å². The highest BCUT2D eigenvalue weighted by Crippen LogP contribution is 2.57. The molecule has 1 spiro atoms. The van der Waals surface area contributed by atoms with Crippen molar-refractivity contribution in [2.75, 3.05) is 19.6 Å². The number of ether oxygens (including phenoxy) is 1. The number of likely N-dealkylation sites (tertiary alicyclic amines) is 1. The van der Waals surface area contributed by atoms with Crippen LogP contribution in [0.4, 0.5) is 4.79 Å². The van der Waals surface area contributed by atoms with E-state index in [1.54, 1.807) is 0 Å². The van der Waals surface area contributed by atoms with E-state index in [2.05, 4.69) is 0 Å². The Morgan fingerprint density at radius 3 is 2.75 bits per heavy atom. The van der Waals surface area contributed by atoms with E-state index in [0.717, 1.165) is 26.1 Å². The van der Waals surface area contributed by atoms with E-state index in [4.69, 9.17) is 10.5 Å². The zero-order chi connectivity index (χ0) is 12.0. The first-order chi connectivity index (χ1) is 7.36. The number of nitrogens with two attached hydrogens (primary N) is 1. The summed E-state index contributed by atoms with van der Waals surface area (Å²) in [5, 5.41) is 0. The van der Waals surface area contributed by atoms with Crippen LogP contribution in [-0.2, 0) is 4.74 Å². The van der Waals surface area contributed by atoms with Crippen molar-refractivity contribution in [2.24, 2.45) is 17.1 Å². The van der Waals surface area contributed by atoms with Crippen LogP contribution in [-0.4, -0.2) is 36.2 Å². The smallest absolute Gasteiger partial charge is 0.410 e. The van der Waals surface area contributed by atoms with Gasteiger partial charge in [-0.15, -0.1) is 0 Å². The Morgan fingerprint density at radius 2 is 2.25 bits per heavy atom. The number of hydrogen-bond donors (Lipinski definition) is 1. The minimum Gasteiger partial charge on any atom is -0.444 e. The molecule has 0 aromatic rings. The molecule has 1 aliphatic heterocycles. The lowest BCUT2D eigenvalue weighted by atomic mass is 10.0. The van der Waals surface area contributed by atoms with Crippen molar-refractivity contribution < 1.29 is 9.53 Å². The van der Waals surface area contributed by atoms with E-state index in [0.29, 0.717) is 11.3 Å². The third kappa shape index (κ3) is 2.17. The Bertz CT molecular complexity index is 298. The van der Waals surface area contributed by atoms with Gasteiger partial charge in [0.1, 0.15) is 5.60 Å². The molecule has 0 aromatic carbocycles. The molecular weight excluding hydrogens is 204 g/mol. The summed E-state index contributed by atoms with van der Waals surface area (Å²) in [5.74, 6) is 0.625. The highest BCUT2D eigenvalue weighted by molar-refractivity contribution is 5.68. The van der Waals surface area contributed by atoms with Crippen LogP contribution in [0.2, 0.25) is 0 Å². The van der Waals surface area contributed by atoms with Gasteiger partial charge in [-0.1, -0.05) is 0 Å². The SMILES string of the molecule is CC(C)(C)OC(=O)N1CCC2(CC2CN)C1. The molecule has 2 N–H and O–H groups in total. The third-order valence-electron chi connectivity index (χ3n) is 3.68. The molecular formula is C12H22N2O2. The van der Waals surface area contributed by atoms with Crippen LogP contribution in [0.3, 0.4) is 0 Å². The summed E-state index contributed by atoms with van der Waals surface area (Å²) in [4.78, 5) is 13.7. The molecule has 1 heterocycles. The van der Waals surface area contributed by atoms with Crippen LogP contribution < -0.4 is 5.73 Å². The number of nitrogens with zero attached hydrogens (tertiary/aromatic N) is 1. The molecule has 0 aromatic heterocycles. The van der Waals surface area contributed by atoms with Gasteiger partial charge in [-0.3, -0.25) is 0 Å². The van der Waals surface area contributed by atoms with E-state index in [1.807, 2.05) is 25.7 Å². The molecule has 1 aliphatic carbocycles. The summed E-state index contributed by atoms with van der Waals surface area (Å²) in [5.41, 5.74) is 5.62. The molecule has 2 fully saturated rings. The van der Waals surface area contributed by atoms with Crippen molar-refractivity contribution in [3.8, 4) is 0 Å². The number of rotatable bonds is 1. The lowest BCUT2D eigenvalue weighted by molar-refractivity contribution is 0.0284. The zero-order valence-electron chi connectivity index (χ0n) is 10.5. The first-order valence-corrected chi connectivity index (χ1v) is 6.04. The maximum absolute atomic E-state index is 11.8. The topological polar surface area (TPSA) is 55.6 Å². The first kappa shape index (κ1) is 11.7. The lowest BCUT2D eigenvalue weighted by Gasteiger charge is -2.24. The largest absolute Gasteiger partial charge is 0.444 e. The summed E-state index contributed by atoms with van der Waals surface area (Å²) in [7, 11) is 0. The van der Waals surface area contributed by atoms with Crippen LogP contribution in [0.1, 0.15) is 33.6 Å². The summed E-state index contributed by atoms with van der Waals surface area (Å²) in [6.07, 6.45) is 2.10. The Balaban J connectivity index is 1.88. The van der Waals surface area contributed by atoms with E-state index >= 15 is 0 Å². The van der Waals surface area contributed by atoms with Crippen molar-refractivity contribution in [1.82, 2.24) is 4.90 Å². The molecule has 0 bridgehead atoms. The Kier molecular flexibility index (Phi) is 2.65. The third-order valence-corrected chi connectivity index (χ3v) is 3.68. The molecule has 2 aliphatic rings. The minimum atomic E-state index is -0.399. The Morgan fingerprint density at radius 1 is 1.56 bits per heavy atom. The zero-order valence-corrected chi connectivity index (χ0v) is 10.5. The van der Waals surface area contributed by atoms with Gasteiger partial charge in [0.2, 0.25) is 0 Å². The molecule has 1 saturated heterocycles. The number of carbonyl (C=O) groups is 1. The van der Waals surface area contributed by atoms with E-state index in [1.165, 1.54) is 6.42 Å². The number of carbonyl (C=O) groups excluding carboxylic acids is 1. The molecule has 4 nitrogen and oxygen atoms in total. The number of amides is 1. The van der Waals surface area contributed by atoms with Gasteiger partial charge >= 0.3 is 6.09 Å². The fraction of sp³-hybridized carbons (Fsp3) is 0.917. The van der Waals surface area contributed by atoms with E-state index in [-0.39, 0.29) is 6.09 Å². The normalized spacial score (nSPS) is 33.2. The van der Waals surface area contributed by atoms with Crippen LogP contribution in [0.25, 0.3) is 0 Å². The first-order valence-electron chi connectivity index (χ1n) is 6.04. The predicted octanol–water partition coefficient (Wildman–Crippen LogP) is 1.59. The molecule has 2 atom stereocenters. The van der Waals surface area contributed by atoms with Crippen molar-refractivity contribution in [1.29, 1.82) is 0 Å². The molecule has 2 unspecified atom stereocenters. The average Bonchev–Trinajstić information content (AvgIpc) is 2.62. The highest BCUT2D eigenvalue weighted by atomic mass is 16.6. The standard InChI is InChI=1S/C12H22N2O2/c1-11(2,3)16-10(15)14-5-4-12(8-14)6-9(12)7-13/h9H,4-8,13H2,1-3H3. The molecule has 16 heavy (non-hydrogen) atoms. The quantitative estimate of drug-likeness (QED) is 0.738. The second kappa shape index (κ2) is 3.62. The Hall–Kier alpha value is -0.770. The highest BCUT2D eigenvalue weighted by Gasteiger charge is 2.57. The van der Waals surface area contributed by atoms with Gasteiger partial charge in [0, 0.05) is 13.1 Å². The fourth-order valence-electron chi connectivity index (χ4n) is 2.64. The molecule has 0 radical (unpaired) electrons. The van der Waals surface area contributed by atoms with Crippen molar-refractivity contribution in [3.63, 3.8) is 0 Å². The van der Waals surface area contributed by atoms with Crippen molar-refractivity contribution >= 4 is 6.09 Å². The molecule has 1 saturated carbocycles. The Labute approximate surface area is 97.1 Å². The van der Waals surface area contributed by atoms with Gasteiger partial charge in [-0.05, 0) is 51.5 Å². The van der Waals surface area contributed by atoms with Crippen LogP contribution in [0, 0.1) is 11.3 Å². The molecule has 4 heteroatoms. The maximum atomic E-state index is 11.8. The van der Waals surface area contributed by atoms with Gasteiger partial charge < -0.3 is 15.4 Å². The predicted molar refractivity (Wildman–Crippen MR) is 62.0 cm³/mol. The minimum absolute atomic E-state index is 0.174. The van der Waals surface area contributed by atoms with Gasteiger partial charge in [0.05, 0.1) is 0 Å². The molecule has 2 rings (SSSR count). The molecule has 1 amide bonds. The van der Waals surface area contributed by atoms with Crippen molar-refractivity contribution in [3.05, 3.63) is 0 Å². The van der Waals surface area contributed by atoms with Crippen molar-refractivity contribution in [2.45, 2.75) is 39.2 Å². The van der Waals surface area contributed by atoms with Crippen LogP contribution >= 0.6 is 0 Å². The van der Waals surface area contributed by atoms with Gasteiger partial charge in [0.15, 0.2) is 0 Å². The number of hydrogen-bond acceptors (Lipinski definition) is 3. The van der Waals surface area contributed by atoms with Crippen LogP contribution in [0.5, 0.6) is 0 Å². The fourth-order valence-corrected chi connectivity index (χ4v) is 2.64.